The molecule has 0 aliphatic heterocycles. The van der Waals surface area contributed by atoms with Gasteiger partial charge in [-0.2, -0.15) is 0 Å². The number of anilines is 1. The Morgan fingerprint density at radius 2 is 2.25 bits per heavy atom. The third kappa shape index (κ3) is 4.33. The zero-order valence-corrected chi connectivity index (χ0v) is 10.4. The molecule has 3 nitrogen and oxygen atoms in total. The van der Waals surface area contributed by atoms with Crippen LogP contribution in [0, 0.1) is 0 Å². The van der Waals surface area contributed by atoms with E-state index in [-0.39, 0.29) is 6.61 Å². The summed E-state index contributed by atoms with van der Waals surface area (Å²) >= 11 is 1.71. The first kappa shape index (κ1) is 13.2. The summed E-state index contributed by atoms with van der Waals surface area (Å²) in [7, 11) is 0. The number of hydrogen-bond acceptors (Lipinski definition) is 4. The minimum Gasteiger partial charge on any atom is -0.491 e. The molecule has 0 spiro atoms. The van der Waals surface area contributed by atoms with E-state index in [9.17, 15) is 0 Å². The van der Waals surface area contributed by atoms with Gasteiger partial charge in [-0.15, -0.1) is 11.8 Å². The Labute approximate surface area is 101 Å². The van der Waals surface area contributed by atoms with Crippen LogP contribution in [0.3, 0.4) is 0 Å². The van der Waals surface area contributed by atoms with Gasteiger partial charge in [0, 0.05) is 17.3 Å². The summed E-state index contributed by atoms with van der Waals surface area (Å²) in [5.74, 6) is 1.67. The van der Waals surface area contributed by atoms with Crippen LogP contribution in [0.1, 0.15) is 19.8 Å². The fourth-order valence-corrected chi connectivity index (χ4v) is 2.06. The van der Waals surface area contributed by atoms with E-state index in [0.717, 1.165) is 29.2 Å². The Hall–Kier alpha value is -0.870. The van der Waals surface area contributed by atoms with Gasteiger partial charge in [-0.05, 0) is 31.0 Å². The van der Waals surface area contributed by atoms with Crippen LogP contribution in [0.25, 0.3) is 0 Å². The summed E-state index contributed by atoms with van der Waals surface area (Å²) in [6, 6.07) is 5.81. The number of aliphatic hydroxyl groups is 1. The van der Waals surface area contributed by atoms with Gasteiger partial charge in [-0.1, -0.05) is 6.92 Å². The lowest BCUT2D eigenvalue weighted by Crippen LogP contribution is -1.99. The molecule has 0 saturated heterocycles. The van der Waals surface area contributed by atoms with Crippen molar-refractivity contribution >= 4 is 17.4 Å². The van der Waals surface area contributed by atoms with Crippen molar-refractivity contribution in [2.45, 2.75) is 24.7 Å². The van der Waals surface area contributed by atoms with E-state index in [1.165, 1.54) is 0 Å². The maximum atomic E-state index is 8.70. The lowest BCUT2D eigenvalue weighted by Gasteiger charge is -2.09. The molecule has 0 aliphatic carbocycles. The number of rotatable bonds is 7. The first-order valence-corrected chi connectivity index (χ1v) is 6.52. The maximum Gasteiger partial charge on any atom is 0.143 e. The summed E-state index contributed by atoms with van der Waals surface area (Å²) in [4.78, 5) is 1.13. The van der Waals surface area contributed by atoms with Gasteiger partial charge in [0.15, 0.2) is 0 Å². The van der Waals surface area contributed by atoms with E-state index in [1.54, 1.807) is 11.8 Å². The van der Waals surface area contributed by atoms with E-state index in [4.69, 9.17) is 15.6 Å². The summed E-state index contributed by atoms with van der Waals surface area (Å²) in [5, 5.41) is 8.70. The molecule has 0 fully saturated rings. The van der Waals surface area contributed by atoms with E-state index in [0.29, 0.717) is 12.3 Å². The van der Waals surface area contributed by atoms with E-state index in [1.807, 2.05) is 18.2 Å². The van der Waals surface area contributed by atoms with E-state index < -0.39 is 0 Å². The highest BCUT2D eigenvalue weighted by molar-refractivity contribution is 7.99. The average Bonchev–Trinajstić information content (AvgIpc) is 2.30. The van der Waals surface area contributed by atoms with Crippen LogP contribution in [0.4, 0.5) is 5.69 Å². The number of nitrogen functional groups attached to an aromatic ring is 1. The van der Waals surface area contributed by atoms with Crippen LogP contribution in [0.2, 0.25) is 0 Å². The normalized spacial score (nSPS) is 10.4. The monoisotopic (exact) mass is 241 g/mol. The smallest absolute Gasteiger partial charge is 0.143 e. The Kier molecular flexibility index (Phi) is 6.11. The van der Waals surface area contributed by atoms with Crippen molar-refractivity contribution in [3.63, 3.8) is 0 Å². The van der Waals surface area contributed by atoms with Gasteiger partial charge in [0.1, 0.15) is 5.75 Å². The van der Waals surface area contributed by atoms with Gasteiger partial charge < -0.3 is 15.6 Å². The fourth-order valence-electron chi connectivity index (χ4n) is 1.20. The molecule has 1 aromatic rings. The minimum atomic E-state index is 0.237. The predicted octanol–water partition coefficient (Wildman–Crippen LogP) is 2.53. The van der Waals surface area contributed by atoms with Crippen LogP contribution in [-0.2, 0) is 0 Å². The van der Waals surface area contributed by atoms with Crippen LogP contribution in [-0.4, -0.2) is 24.1 Å². The van der Waals surface area contributed by atoms with Crippen LogP contribution in [0.5, 0.6) is 5.75 Å². The van der Waals surface area contributed by atoms with Crippen LogP contribution in [0.15, 0.2) is 23.1 Å². The van der Waals surface area contributed by atoms with Gasteiger partial charge in [0.05, 0.1) is 12.3 Å². The Bertz CT molecular complexity index is 318. The second kappa shape index (κ2) is 7.41. The van der Waals surface area contributed by atoms with Crippen LogP contribution < -0.4 is 10.5 Å². The molecule has 1 rings (SSSR count). The highest BCUT2D eigenvalue weighted by Gasteiger charge is 2.02. The second-order valence-electron chi connectivity index (χ2n) is 3.47. The number of thioether (sulfide) groups is 1. The molecule has 0 bridgehead atoms. The van der Waals surface area contributed by atoms with E-state index >= 15 is 0 Å². The number of hydrogen-bond donors (Lipinski definition) is 2. The molecular formula is C12H19NO2S. The first-order chi connectivity index (χ1) is 7.77. The first-order valence-electron chi connectivity index (χ1n) is 5.54. The molecule has 0 aromatic heterocycles. The Morgan fingerprint density at radius 3 is 2.94 bits per heavy atom. The van der Waals surface area contributed by atoms with Gasteiger partial charge in [-0.25, -0.2) is 0 Å². The number of nitrogens with two attached hydrogens (primary N) is 1. The SMILES string of the molecule is CCCOc1cc(SCCCO)ccc1N. The van der Waals surface area contributed by atoms with Gasteiger partial charge in [-0.3, -0.25) is 0 Å². The zero-order chi connectivity index (χ0) is 11.8. The van der Waals surface area contributed by atoms with Gasteiger partial charge in [0.2, 0.25) is 0 Å². The van der Waals surface area contributed by atoms with Crippen molar-refractivity contribution in [3.05, 3.63) is 18.2 Å². The van der Waals surface area contributed by atoms with Crippen molar-refractivity contribution in [2.24, 2.45) is 0 Å². The molecule has 90 valence electrons. The van der Waals surface area contributed by atoms with Gasteiger partial charge in [0.25, 0.3) is 0 Å². The number of benzene rings is 1. The number of aliphatic hydroxyl groups excluding tert-OH is 1. The summed E-state index contributed by atoms with van der Waals surface area (Å²) in [6.07, 6.45) is 1.78. The standard InChI is InChI=1S/C12H19NO2S/c1-2-7-15-12-9-10(4-5-11(12)13)16-8-3-6-14/h4-5,9,14H,2-3,6-8,13H2,1H3. The fraction of sp³-hybridized carbons (Fsp3) is 0.500. The highest BCUT2D eigenvalue weighted by atomic mass is 32.2. The quantitative estimate of drug-likeness (QED) is 0.437. The van der Waals surface area contributed by atoms with E-state index in [2.05, 4.69) is 6.92 Å². The lowest BCUT2D eigenvalue weighted by molar-refractivity contribution is 0.296. The third-order valence-electron chi connectivity index (χ3n) is 2.02. The lowest BCUT2D eigenvalue weighted by atomic mass is 10.3. The van der Waals surface area contributed by atoms with Crippen molar-refractivity contribution in [3.8, 4) is 5.75 Å². The molecule has 0 heterocycles. The molecule has 0 radical (unpaired) electrons. The average molecular weight is 241 g/mol. The third-order valence-corrected chi connectivity index (χ3v) is 3.10. The topological polar surface area (TPSA) is 55.5 Å². The summed E-state index contributed by atoms with van der Waals surface area (Å²) in [5.41, 5.74) is 6.49. The predicted molar refractivity (Wildman–Crippen MR) is 69.1 cm³/mol. The molecule has 0 atom stereocenters. The molecule has 16 heavy (non-hydrogen) atoms. The minimum absolute atomic E-state index is 0.237. The highest BCUT2D eigenvalue weighted by Crippen LogP contribution is 2.28. The van der Waals surface area contributed by atoms with Gasteiger partial charge >= 0.3 is 0 Å². The molecule has 4 heteroatoms. The molecule has 3 N–H and O–H groups in total. The molecule has 1 aromatic carbocycles. The number of ether oxygens (including phenoxy) is 1. The summed E-state index contributed by atoms with van der Waals surface area (Å²) in [6.45, 7) is 2.99. The Morgan fingerprint density at radius 1 is 1.44 bits per heavy atom. The Balaban J connectivity index is 2.58. The van der Waals surface area contributed by atoms with Crippen LogP contribution >= 0.6 is 11.8 Å². The van der Waals surface area contributed by atoms with Crippen molar-refractivity contribution in [1.82, 2.24) is 0 Å². The molecule has 0 aliphatic rings. The van der Waals surface area contributed by atoms with Crippen molar-refractivity contribution in [2.75, 3.05) is 24.7 Å². The summed E-state index contributed by atoms with van der Waals surface area (Å²) < 4.78 is 5.55. The largest absolute Gasteiger partial charge is 0.491 e. The zero-order valence-electron chi connectivity index (χ0n) is 9.61. The molecule has 0 amide bonds. The van der Waals surface area contributed by atoms with Crippen molar-refractivity contribution < 1.29 is 9.84 Å². The van der Waals surface area contributed by atoms with Crippen molar-refractivity contribution in [1.29, 1.82) is 0 Å². The maximum absolute atomic E-state index is 8.70. The molecule has 0 unspecified atom stereocenters. The second-order valence-corrected chi connectivity index (χ2v) is 4.64. The molecule has 0 saturated carbocycles. The molecular weight excluding hydrogens is 222 g/mol.